The van der Waals surface area contributed by atoms with Crippen LogP contribution >= 0.6 is 31.4 Å². The molecule has 0 saturated heterocycles. The Kier molecular flexibility index (Phi) is 34.3. The van der Waals surface area contributed by atoms with E-state index >= 15 is 0 Å². The van der Waals surface area contributed by atoms with Crippen LogP contribution < -0.4 is 61.8 Å². The van der Waals surface area contributed by atoms with E-state index in [1.807, 2.05) is 35.7 Å². The Labute approximate surface area is 852 Å². The molecule has 14 heteroatoms. The minimum Gasteiger partial charge on any atom is -0.488 e. The summed E-state index contributed by atoms with van der Waals surface area (Å²) in [5.41, 5.74) is 29.9. The molecule has 0 fully saturated rings. The Hall–Kier alpha value is -8.35. The van der Waals surface area contributed by atoms with E-state index in [0.717, 1.165) is 11.5 Å². The highest BCUT2D eigenvalue weighted by atomic mass is 32.2. The number of fused-ring (bicyclic) bond motifs is 7. The third-order valence-electron chi connectivity index (χ3n) is 23.7. The number of hydrogen-bond acceptors (Lipinski definition) is 13. The van der Waals surface area contributed by atoms with Gasteiger partial charge in [-0.15, -0.1) is 23.5 Å². The molecule has 7 aromatic rings. The van der Waals surface area contributed by atoms with Gasteiger partial charge >= 0.3 is 0 Å². The maximum atomic E-state index is 5.91. The van der Waals surface area contributed by atoms with Crippen molar-refractivity contribution in [3.63, 3.8) is 0 Å². The lowest BCUT2D eigenvalue weighted by Crippen LogP contribution is -2.53. The van der Waals surface area contributed by atoms with Crippen molar-refractivity contribution < 1.29 is 9.47 Å². The lowest BCUT2D eigenvalue weighted by Gasteiger charge is -2.48. The fourth-order valence-electron chi connectivity index (χ4n) is 21.2. The van der Waals surface area contributed by atoms with Gasteiger partial charge in [0.05, 0.1) is 38.8 Å². The van der Waals surface area contributed by atoms with Gasteiger partial charge in [0.2, 0.25) is 0 Å². The minimum atomic E-state index is -0.251. The van der Waals surface area contributed by atoms with Crippen molar-refractivity contribution in [2.45, 2.75) is 455 Å². The van der Waals surface area contributed by atoms with Crippen molar-refractivity contribution in [2.24, 2.45) is 0 Å². The Morgan fingerprint density at radius 1 is 0.239 bits per heavy atom. The average molecular weight is 1930 g/mol. The Morgan fingerprint density at radius 2 is 0.435 bits per heavy atom. The van der Waals surface area contributed by atoms with E-state index in [1.165, 1.54) is 144 Å². The van der Waals surface area contributed by atoms with Crippen molar-refractivity contribution in [1.29, 1.82) is 0 Å². The number of allylic oxidation sites excluding steroid dienone is 7. The van der Waals surface area contributed by atoms with Gasteiger partial charge in [0.15, 0.2) is 0 Å². The monoisotopic (exact) mass is 1930 g/mol. The molecule has 7 N–H and O–H groups in total. The number of thioether (sulfide) groups is 2. The Morgan fingerprint density at radius 3 is 0.645 bits per heavy atom. The molecule has 0 amide bonds. The number of benzene rings is 7. The quantitative estimate of drug-likeness (QED) is 0.0609. The van der Waals surface area contributed by atoms with Crippen molar-refractivity contribution in [2.75, 3.05) is 47.0 Å². The van der Waals surface area contributed by atoms with E-state index in [1.54, 1.807) is 0 Å². The van der Waals surface area contributed by atoms with Crippen LogP contribution in [0.5, 0.6) is 11.5 Å². The van der Waals surface area contributed by atoms with Crippen LogP contribution in [0.1, 0.15) is 392 Å². The molecular formula is C124H188N9O2PS2. The van der Waals surface area contributed by atoms with Gasteiger partial charge in [-0.2, -0.15) is 0 Å². The predicted molar refractivity (Wildman–Crippen MR) is 627 cm³/mol. The summed E-state index contributed by atoms with van der Waals surface area (Å²) < 4.78 is 12.3. The summed E-state index contributed by atoms with van der Waals surface area (Å²) >= 11 is 3.84. The van der Waals surface area contributed by atoms with Crippen LogP contribution in [0.3, 0.4) is 0 Å². The van der Waals surface area contributed by atoms with E-state index in [0.29, 0.717) is 10.3 Å². The highest BCUT2D eigenvalue weighted by Crippen LogP contribution is 2.59. The molecule has 7 heterocycles. The number of nitrogens with one attached hydrogen (secondary N) is 7. The first-order chi connectivity index (χ1) is 62.1. The lowest BCUT2D eigenvalue weighted by molar-refractivity contribution is 0.130. The van der Waals surface area contributed by atoms with Crippen molar-refractivity contribution >= 4 is 127 Å². The van der Waals surface area contributed by atoms with Gasteiger partial charge in [-0.1, -0.05) is 140 Å². The summed E-state index contributed by atoms with van der Waals surface area (Å²) in [5.74, 6) is 1.85. The molecule has 7 aliphatic heterocycles. The van der Waals surface area contributed by atoms with E-state index in [4.69, 9.17) is 9.47 Å². The second-order valence-corrected chi connectivity index (χ2v) is 61.3. The average Bonchev–Trinajstić information content (AvgIpc) is 0.769. The number of nitrogens with zero attached hydrogens (tertiary/aromatic N) is 2. The fourth-order valence-corrected chi connectivity index (χ4v) is 27.3. The smallest absolute Gasteiger partial charge is 0.120 e. The van der Waals surface area contributed by atoms with Crippen LogP contribution in [0, 0.1) is 0 Å². The van der Waals surface area contributed by atoms with Gasteiger partial charge in [0, 0.05) is 132 Å². The number of rotatable bonds is 7. The molecule has 0 bridgehead atoms. The zero-order valence-electron chi connectivity index (χ0n) is 96.1. The molecule has 14 rings (SSSR count). The zero-order valence-corrected chi connectivity index (χ0v) is 98.7. The normalized spacial score (nSPS) is 17.6. The summed E-state index contributed by atoms with van der Waals surface area (Å²) in [5, 5.41) is 27.2. The van der Waals surface area contributed by atoms with Crippen LogP contribution in [0.4, 0.5) is 51.2 Å². The maximum Gasteiger partial charge on any atom is 0.120 e. The Bertz CT molecular complexity index is 5060. The van der Waals surface area contributed by atoms with Crippen LogP contribution in [0.15, 0.2) is 180 Å². The molecule has 0 radical (unpaired) electrons. The zero-order chi connectivity index (χ0) is 105. The molecule has 0 aromatic heterocycles. The molecule has 0 spiro atoms. The van der Waals surface area contributed by atoms with Gasteiger partial charge in [-0.05, 0) is 446 Å². The largest absolute Gasteiger partial charge is 0.488 e. The minimum absolute atomic E-state index is 0.0173. The first kappa shape index (κ1) is 115. The third kappa shape index (κ3) is 33.1. The summed E-state index contributed by atoms with van der Waals surface area (Å²) in [7, 11) is -0.251. The van der Waals surface area contributed by atoms with E-state index in [2.05, 4.69) is 558 Å². The first-order valence-electron chi connectivity index (χ1n) is 50.6. The molecule has 11 nitrogen and oxygen atoms in total. The molecule has 7 aromatic carbocycles. The molecule has 0 atom stereocenters. The van der Waals surface area contributed by atoms with Crippen LogP contribution in [-0.2, 0) is 0 Å². The van der Waals surface area contributed by atoms with Gasteiger partial charge < -0.3 is 56.5 Å². The number of ether oxygens (including phenoxy) is 2. The van der Waals surface area contributed by atoms with Crippen molar-refractivity contribution in [1.82, 2.24) is 0 Å². The molecule has 0 saturated carbocycles. The first-order valence-corrected chi connectivity index (χ1v) is 53.6. The van der Waals surface area contributed by atoms with Crippen LogP contribution in [0.25, 0.3) is 39.0 Å². The Balaban J connectivity index is 0.000000198. The van der Waals surface area contributed by atoms with Crippen molar-refractivity contribution in [3.8, 4) is 11.5 Å². The van der Waals surface area contributed by atoms with E-state index < -0.39 is 0 Å². The van der Waals surface area contributed by atoms with Gasteiger partial charge in [0.25, 0.3) is 0 Å². The number of anilines is 9. The highest BCUT2D eigenvalue weighted by Gasteiger charge is 2.40. The maximum absolute atomic E-state index is 5.91. The number of hydrogen-bond donors (Lipinski definition) is 7. The summed E-state index contributed by atoms with van der Waals surface area (Å²) in [6.45, 7) is 114. The molecular weight excluding hydrogens is 1740 g/mol. The molecule has 0 aliphatic carbocycles. The van der Waals surface area contributed by atoms with Gasteiger partial charge in [0.1, 0.15) is 22.7 Å². The van der Waals surface area contributed by atoms with E-state index in [9.17, 15) is 0 Å². The SMILES string of the molecule is CC1=CC(C)(C)Nc2ccc(N(C(C)(C)C)C(C)(C)C)cc21.CC1=CC(C)(C)Nc2ccc(N(C(C)(C)C)C(C)(C)C)cc21.CC1=CC(C)(C)Nc2ccc(OC(C)(C)C)cc21.CC1=CC(C)(C)Nc2ccc(OC(C)(C)C)cc21.CC1=CC(C)(C)Nc2ccc(P(C(C)(C)C)C(C)(C)C)cc21.CC1=CC(C)(C)Nc2ccc(SC(C)(C)C)cc21.CC1=CC(C)(C)Nc2ccc(SC(C)(C)C)cc21. The van der Waals surface area contributed by atoms with Gasteiger partial charge in [-0.3, -0.25) is 0 Å². The third-order valence-corrected chi connectivity index (χ3v) is 29.4. The summed E-state index contributed by atoms with van der Waals surface area (Å²) in [4.78, 5) is 7.70. The highest BCUT2D eigenvalue weighted by molar-refractivity contribution is 8.00. The topological polar surface area (TPSA) is 109 Å². The second kappa shape index (κ2) is 41.2. The lowest BCUT2D eigenvalue weighted by atomic mass is 9.89. The van der Waals surface area contributed by atoms with Crippen LogP contribution in [-0.4, -0.2) is 91.9 Å². The molecule has 138 heavy (non-hydrogen) atoms. The molecule has 0 unspecified atom stereocenters. The van der Waals surface area contributed by atoms with Crippen molar-refractivity contribution in [3.05, 3.63) is 209 Å². The second-order valence-electron chi connectivity index (χ2n) is 53.6. The molecule has 7 aliphatic rings. The van der Waals surface area contributed by atoms with Crippen LogP contribution in [0.2, 0.25) is 0 Å². The fraction of sp³-hybridized carbons (Fsp3) is 0.548. The summed E-state index contributed by atoms with van der Waals surface area (Å²) in [6.07, 6.45) is 16.1. The van der Waals surface area contributed by atoms with E-state index in [-0.39, 0.29) is 89.5 Å². The standard InChI is InChI=1S/2C20H32N2.C20H32NP.2C16H23NO.2C16H23NS/c3*1-14-13-20(8,9)21-17-11-10-15(12-16(14)17)22(18(2,3)4)19(5,6)7;4*1-11-10-16(5,6)17-14-8-7-12(9-13(11)14)18-15(2,3)4/h3*10-13,21H,1-9H3;4*7-10,17H,1-6H3. The van der Waals surface area contributed by atoms with Gasteiger partial charge in [-0.25, -0.2) is 0 Å². The summed E-state index contributed by atoms with van der Waals surface area (Å²) in [6, 6.07) is 46.7. The molecule has 758 valence electrons. The predicted octanol–water partition coefficient (Wildman–Crippen LogP) is 36.7.